The van der Waals surface area contributed by atoms with Crippen molar-refractivity contribution in [3.63, 3.8) is 0 Å². The topological polar surface area (TPSA) is 34.2 Å². The molecule has 2 aromatic rings. The van der Waals surface area contributed by atoms with E-state index >= 15 is 0 Å². The SMILES string of the molecule is C(=CC1NC2CCC1C2)c1cncc(Oc2ccccc2)c1. The Hall–Kier alpha value is -2.13. The van der Waals surface area contributed by atoms with Gasteiger partial charge in [0, 0.05) is 18.3 Å². The Morgan fingerprint density at radius 1 is 1.09 bits per heavy atom. The van der Waals surface area contributed by atoms with E-state index in [-0.39, 0.29) is 0 Å². The largest absolute Gasteiger partial charge is 0.456 e. The standard InChI is InChI=1S/C19H20N2O/c1-2-4-17(5-3-1)22-18-10-14(12-20-13-18)6-9-19-15-7-8-16(11-15)21-19/h1-6,9-10,12-13,15-16,19,21H,7-8,11H2. The van der Waals surface area contributed by atoms with Gasteiger partial charge < -0.3 is 10.1 Å². The first kappa shape index (κ1) is 13.5. The van der Waals surface area contributed by atoms with Gasteiger partial charge >= 0.3 is 0 Å². The van der Waals surface area contributed by atoms with Gasteiger partial charge in [-0.15, -0.1) is 0 Å². The monoisotopic (exact) mass is 292 g/mol. The lowest BCUT2D eigenvalue weighted by Gasteiger charge is -2.19. The molecule has 4 rings (SSSR count). The molecule has 1 aromatic carbocycles. The molecule has 0 spiro atoms. The average Bonchev–Trinajstić information content (AvgIpc) is 3.17. The van der Waals surface area contributed by atoms with Crippen LogP contribution in [0.1, 0.15) is 24.8 Å². The molecule has 1 aliphatic heterocycles. The van der Waals surface area contributed by atoms with E-state index < -0.39 is 0 Å². The summed E-state index contributed by atoms with van der Waals surface area (Å²) in [5, 5.41) is 3.68. The molecule has 1 saturated heterocycles. The number of para-hydroxylation sites is 1. The van der Waals surface area contributed by atoms with Crippen molar-refractivity contribution in [2.75, 3.05) is 0 Å². The number of nitrogens with one attached hydrogen (secondary N) is 1. The molecule has 2 fully saturated rings. The average molecular weight is 292 g/mol. The van der Waals surface area contributed by atoms with Crippen LogP contribution >= 0.6 is 0 Å². The molecular formula is C19H20N2O. The number of fused-ring (bicyclic) bond motifs is 2. The molecule has 22 heavy (non-hydrogen) atoms. The molecule has 2 heterocycles. The van der Waals surface area contributed by atoms with E-state index in [1.807, 2.05) is 42.6 Å². The van der Waals surface area contributed by atoms with E-state index in [0.29, 0.717) is 6.04 Å². The maximum Gasteiger partial charge on any atom is 0.146 e. The summed E-state index contributed by atoms with van der Waals surface area (Å²) in [7, 11) is 0. The lowest BCUT2D eigenvalue weighted by molar-refractivity contribution is 0.437. The Balaban J connectivity index is 1.45. The zero-order valence-corrected chi connectivity index (χ0v) is 12.5. The highest BCUT2D eigenvalue weighted by molar-refractivity contribution is 5.51. The summed E-state index contributed by atoms with van der Waals surface area (Å²) < 4.78 is 5.83. The molecule has 112 valence electrons. The third kappa shape index (κ3) is 2.90. The Kier molecular flexibility index (Phi) is 3.65. The van der Waals surface area contributed by atoms with Crippen LogP contribution in [-0.2, 0) is 0 Å². The summed E-state index contributed by atoms with van der Waals surface area (Å²) >= 11 is 0. The predicted octanol–water partition coefficient (Wildman–Crippen LogP) is 4.03. The summed E-state index contributed by atoms with van der Waals surface area (Å²) in [5.41, 5.74) is 1.08. The number of pyridine rings is 1. The normalized spacial score (nSPS) is 26.6. The molecule has 0 amide bonds. The van der Waals surface area contributed by atoms with Crippen LogP contribution in [0.15, 0.2) is 54.9 Å². The van der Waals surface area contributed by atoms with Crippen LogP contribution in [0, 0.1) is 5.92 Å². The Labute approximate surface area is 131 Å². The third-order valence-electron chi connectivity index (χ3n) is 4.62. The van der Waals surface area contributed by atoms with Crippen molar-refractivity contribution in [1.82, 2.24) is 10.3 Å². The molecule has 1 aliphatic carbocycles. The third-order valence-corrected chi connectivity index (χ3v) is 4.62. The maximum atomic E-state index is 5.83. The number of nitrogens with zero attached hydrogens (tertiary/aromatic N) is 1. The van der Waals surface area contributed by atoms with Gasteiger partial charge in [0.15, 0.2) is 0 Å². The first-order chi connectivity index (χ1) is 10.9. The van der Waals surface area contributed by atoms with Crippen LogP contribution in [-0.4, -0.2) is 17.1 Å². The molecule has 3 unspecified atom stereocenters. The number of aromatic nitrogens is 1. The zero-order valence-electron chi connectivity index (χ0n) is 12.5. The minimum absolute atomic E-state index is 0.525. The van der Waals surface area contributed by atoms with E-state index in [1.165, 1.54) is 19.3 Å². The predicted molar refractivity (Wildman–Crippen MR) is 87.8 cm³/mol. The quantitative estimate of drug-likeness (QED) is 0.924. The Bertz CT molecular complexity index is 668. The van der Waals surface area contributed by atoms with Gasteiger partial charge in [0.2, 0.25) is 0 Å². The number of benzene rings is 1. The summed E-state index contributed by atoms with van der Waals surface area (Å²) in [5.74, 6) is 2.42. The van der Waals surface area contributed by atoms with Gasteiger partial charge in [-0.1, -0.05) is 30.4 Å². The van der Waals surface area contributed by atoms with Crippen molar-refractivity contribution >= 4 is 6.08 Å². The number of ether oxygens (including phenoxy) is 1. The fourth-order valence-electron chi connectivity index (χ4n) is 3.54. The molecule has 3 nitrogen and oxygen atoms in total. The van der Waals surface area contributed by atoms with Crippen molar-refractivity contribution in [2.24, 2.45) is 5.92 Å². The first-order valence-corrected chi connectivity index (χ1v) is 7.99. The molecule has 1 N–H and O–H groups in total. The fraction of sp³-hybridized carbons (Fsp3) is 0.316. The molecule has 1 aromatic heterocycles. The van der Waals surface area contributed by atoms with Crippen LogP contribution in [0.2, 0.25) is 0 Å². The number of piperidine rings is 1. The van der Waals surface area contributed by atoms with Gasteiger partial charge in [0.25, 0.3) is 0 Å². The summed E-state index contributed by atoms with van der Waals surface area (Å²) in [4.78, 5) is 4.28. The van der Waals surface area contributed by atoms with Crippen molar-refractivity contribution < 1.29 is 4.74 Å². The number of rotatable bonds is 4. The van der Waals surface area contributed by atoms with Crippen molar-refractivity contribution in [3.05, 3.63) is 60.4 Å². The van der Waals surface area contributed by atoms with Crippen molar-refractivity contribution in [2.45, 2.75) is 31.3 Å². The van der Waals surface area contributed by atoms with E-state index in [0.717, 1.165) is 29.0 Å². The Morgan fingerprint density at radius 3 is 2.77 bits per heavy atom. The first-order valence-electron chi connectivity index (χ1n) is 7.99. The van der Waals surface area contributed by atoms with Gasteiger partial charge in [-0.25, -0.2) is 0 Å². The van der Waals surface area contributed by atoms with Gasteiger partial charge in [-0.3, -0.25) is 4.98 Å². The second kappa shape index (κ2) is 5.93. The highest BCUT2D eigenvalue weighted by atomic mass is 16.5. The van der Waals surface area contributed by atoms with Gasteiger partial charge in [0.1, 0.15) is 11.5 Å². The second-order valence-corrected chi connectivity index (χ2v) is 6.19. The van der Waals surface area contributed by atoms with Gasteiger partial charge in [0.05, 0.1) is 6.20 Å². The van der Waals surface area contributed by atoms with Crippen LogP contribution in [0.5, 0.6) is 11.5 Å². The molecular weight excluding hydrogens is 272 g/mol. The number of hydrogen-bond donors (Lipinski definition) is 1. The highest BCUT2D eigenvalue weighted by Crippen LogP contribution is 2.35. The van der Waals surface area contributed by atoms with Crippen LogP contribution < -0.4 is 10.1 Å². The van der Waals surface area contributed by atoms with Crippen molar-refractivity contribution in [1.29, 1.82) is 0 Å². The Morgan fingerprint density at radius 2 is 2.00 bits per heavy atom. The van der Waals surface area contributed by atoms with E-state index in [1.54, 1.807) is 6.20 Å². The lowest BCUT2D eigenvalue weighted by atomic mass is 9.99. The maximum absolute atomic E-state index is 5.83. The van der Waals surface area contributed by atoms with Crippen LogP contribution in [0.3, 0.4) is 0 Å². The zero-order chi connectivity index (χ0) is 14.8. The van der Waals surface area contributed by atoms with Gasteiger partial charge in [-0.2, -0.15) is 0 Å². The van der Waals surface area contributed by atoms with Crippen molar-refractivity contribution in [3.8, 4) is 11.5 Å². The van der Waals surface area contributed by atoms with E-state index in [2.05, 4.69) is 22.5 Å². The van der Waals surface area contributed by atoms with Crippen LogP contribution in [0.4, 0.5) is 0 Å². The van der Waals surface area contributed by atoms with E-state index in [4.69, 9.17) is 4.74 Å². The van der Waals surface area contributed by atoms with E-state index in [9.17, 15) is 0 Å². The fourth-order valence-corrected chi connectivity index (χ4v) is 3.54. The summed E-state index contributed by atoms with van der Waals surface area (Å²) in [6.07, 6.45) is 12.1. The molecule has 3 atom stereocenters. The highest BCUT2D eigenvalue weighted by Gasteiger charge is 2.37. The molecule has 3 heteroatoms. The van der Waals surface area contributed by atoms with Crippen LogP contribution in [0.25, 0.3) is 6.08 Å². The minimum atomic E-state index is 0.525. The number of hydrogen-bond acceptors (Lipinski definition) is 3. The van der Waals surface area contributed by atoms with Gasteiger partial charge in [-0.05, 0) is 48.9 Å². The summed E-state index contributed by atoms with van der Waals surface area (Å²) in [6.45, 7) is 0. The molecule has 2 aliphatic rings. The summed E-state index contributed by atoms with van der Waals surface area (Å²) in [6, 6.07) is 13.1. The lowest BCUT2D eigenvalue weighted by Crippen LogP contribution is -2.33. The molecule has 2 bridgehead atoms. The second-order valence-electron chi connectivity index (χ2n) is 6.19. The smallest absolute Gasteiger partial charge is 0.146 e. The molecule has 0 radical (unpaired) electrons. The molecule has 1 saturated carbocycles. The minimum Gasteiger partial charge on any atom is -0.456 e.